The van der Waals surface area contributed by atoms with Crippen molar-refractivity contribution >= 4 is 57.8 Å². The molecule has 34 heavy (non-hydrogen) atoms. The highest BCUT2D eigenvalue weighted by Gasteiger charge is 2.46. The number of para-hydroxylation sites is 4. The lowest BCUT2D eigenvalue weighted by atomic mass is 10.1. The number of hydrogen-bond donors (Lipinski definition) is 0. The van der Waals surface area contributed by atoms with E-state index < -0.39 is 17.9 Å². The van der Waals surface area contributed by atoms with Crippen LogP contribution in [0.4, 0.5) is 17.1 Å². The first-order valence-electron chi connectivity index (χ1n) is 10.1. The number of azo groups is 1. The quantitative estimate of drug-likeness (QED) is 0.268. The van der Waals surface area contributed by atoms with Gasteiger partial charge in [-0.3, -0.25) is 19.4 Å². The Balaban J connectivity index is 1.84. The van der Waals surface area contributed by atoms with Gasteiger partial charge in [0.05, 0.1) is 30.6 Å². The maximum Gasteiger partial charge on any atom is 0.270 e. The monoisotopic (exact) mass is 494 g/mol. The van der Waals surface area contributed by atoms with E-state index in [-0.39, 0.29) is 10.1 Å². The largest absolute Gasteiger partial charge is 0.495 e. The lowest BCUT2D eigenvalue weighted by molar-refractivity contribution is -0.128. The van der Waals surface area contributed by atoms with Crippen LogP contribution in [0, 0.1) is 0 Å². The molecule has 0 aromatic heterocycles. The molecule has 4 rings (SSSR count). The molecule has 2 amide bonds. The summed E-state index contributed by atoms with van der Waals surface area (Å²) in [6.45, 7) is 0. The van der Waals surface area contributed by atoms with Crippen LogP contribution in [-0.2, 0) is 9.59 Å². The molecule has 8 nitrogen and oxygen atoms in total. The molecule has 3 aromatic rings. The minimum absolute atomic E-state index is 0.0728. The number of hydrogen-bond acceptors (Lipinski definition) is 7. The van der Waals surface area contributed by atoms with Gasteiger partial charge in [0.25, 0.3) is 11.8 Å². The molecular formula is C24H19ClN4O4S. The number of carbonyl (C=O) groups is 2. The first-order chi connectivity index (χ1) is 16.5. The van der Waals surface area contributed by atoms with Crippen molar-refractivity contribution in [3.63, 3.8) is 0 Å². The molecule has 1 heterocycles. The van der Waals surface area contributed by atoms with Gasteiger partial charge in [-0.25, -0.2) is 0 Å². The van der Waals surface area contributed by atoms with E-state index in [0.717, 1.165) is 0 Å². The van der Waals surface area contributed by atoms with Crippen LogP contribution in [0.25, 0.3) is 0 Å². The molecule has 0 aliphatic carbocycles. The summed E-state index contributed by atoms with van der Waals surface area (Å²) in [5.41, 5.74) is 1.05. The van der Waals surface area contributed by atoms with Crippen molar-refractivity contribution in [2.45, 2.75) is 6.04 Å². The second-order valence-corrected chi connectivity index (χ2v) is 7.82. The van der Waals surface area contributed by atoms with Crippen LogP contribution < -0.4 is 19.3 Å². The molecule has 1 aliphatic heterocycles. The maximum atomic E-state index is 13.6. The fourth-order valence-corrected chi connectivity index (χ4v) is 4.06. The Labute approximate surface area is 206 Å². The Bertz CT molecular complexity index is 1300. The number of nitrogens with zero attached hydrogens (tertiary/aromatic N) is 4. The number of anilines is 2. The van der Waals surface area contributed by atoms with Crippen LogP contribution in [0.15, 0.2) is 83.0 Å². The van der Waals surface area contributed by atoms with Crippen molar-refractivity contribution in [3.05, 3.63) is 77.8 Å². The molecule has 0 spiro atoms. The fraction of sp³-hybridized carbons (Fsp3) is 0.125. The van der Waals surface area contributed by atoms with Gasteiger partial charge in [-0.15, -0.1) is 0 Å². The third-order valence-corrected chi connectivity index (χ3v) is 5.76. The highest BCUT2D eigenvalue weighted by Crippen LogP contribution is 2.36. The number of methoxy groups -OCH3 is 2. The zero-order chi connectivity index (χ0) is 24.2. The van der Waals surface area contributed by atoms with E-state index in [1.54, 1.807) is 72.8 Å². The summed E-state index contributed by atoms with van der Waals surface area (Å²) in [5.74, 6) is -0.497. The van der Waals surface area contributed by atoms with Gasteiger partial charge in [-0.1, -0.05) is 48.0 Å². The van der Waals surface area contributed by atoms with Crippen molar-refractivity contribution in [2.75, 3.05) is 24.0 Å². The number of amides is 2. The Morgan fingerprint density at radius 1 is 0.794 bits per heavy atom. The molecule has 1 fully saturated rings. The lowest BCUT2D eigenvalue weighted by Gasteiger charge is -2.38. The van der Waals surface area contributed by atoms with Crippen molar-refractivity contribution in [1.29, 1.82) is 0 Å². The Hall–Kier alpha value is -3.82. The maximum absolute atomic E-state index is 13.6. The standard InChI is InChI=1S/C24H19ClN4O4S/c1-32-19-13-7-4-10-16(19)26-27-21-22(30)28(17-11-5-3-9-15(17)25)24(34)29(23(21)31)18-12-6-8-14-20(18)33-2/h3-14,21H,1-2H3. The van der Waals surface area contributed by atoms with E-state index in [0.29, 0.717) is 28.6 Å². The Morgan fingerprint density at radius 3 is 1.97 bits per heavy atom. The summed E-state index contributed by atoms with van der Waals surface area (Å²) >= 11 is 12.0. The molecular weight excluding hydrogens is 476 g/mol. The fourth-order valence-electron chi connectivity index (χ4n) is 3.46. The Morgan fingerprint density at radius 2 is 1.32 bits per heavy atom. The van der Waals surface area contributed by atoms with E-state index in [9.17, 15) is 9.59 Å². The van der Waals surface area contributed by atoms with Crippen LogP contribution in [0.3, 0.4) is 0 Å². The van der Waals surface area contributed by atoms with E-state index in [4.69, 9.17) is 33.3 Å². The smallest absolute Gasteiger partial charge is 0.270 e. The molecule has 10 heteroatoms. The van der Waals surface area contributed by atoms with E-state index in [1.165, 1.54) is 24.0 Å². The van der Waals surface area contributed by atoms with Crippen molar-refractivity contribution in [2.24, 2.45) is 10.2 Å². The zero-order valence-corrected chi connectivity index (χ0v) is 19.8. The summed E-state index contributed by atoms with van der Waals surface area (Å²) in [5, 5.41) is 8.47. The molecule has 172 valence electrons. The van der Waals surface area contributed by atoms with Crippen molar-refractivity contribution < 1.29 is 19.1 Å². The van der Waals surface area contributed by atoms with Crippen LogP contribution in [0.2, 0.25) is 5.02 Å². The zero-order valence-electron chi connectivity index (χ0n) is 18.2. The van der Waals surface area contributed by atoms with Gasteiger partial charge in [0.2, 0.25) is 6.04 Å². The number of thiocarbonyl (C=S) groups is 1. The average molecular weight is 495 g/mol. The number of ether oxygens (including phenoxy) is 2. The minimum Gasteiger partial charge on any atom is -0.495 e. The van der Waals surface area contributed by atoms with Crippen LogP contribution in [0.5, 0.6) is 11.5 Å². The SMILES string of the molecule is COc1ccccc1N=NC1C(=O)N(c2ccccc2Cl)C(=S)N(c2ccccc2OC)C1=O. The molecule has 1 aliphatic rings. The van der Waals surface area contributed by atoms with Crippen LogP contribution >= 0.6 is 23.8 Å². The predicted octanol–water partition coefficient (Wildman–Crippen LogP) is 5.17. The summed E-state index contributed by atoms with van der Waals surface area (Å²) in [6, 6.07) is 18.9. The molecule has 0 N–H and O–H groups in total. The summed E-state index contributed by atoms with van der Waals surface area (Å²) in [7, 11) is 2.97. The van der Waals surface area contributed by atoms with Crippen LogP contribution in [0.1, 0.15) is 0 Å². The topological polar surface area (TPSA) is 83.8 Å². The first kappa shape index (κ1) is 23.3. The molecule has 3 aromatic carbocycles. The van der Waals surface area contributed by atoms with Gasteiger partial charge in [0, 0.05) is 0 Å². The third-order valence-electron chi connectivity index (χ3n) is 5.08. The van der Waals surface area contributed by atoms with Gasteiger partial charge in [-0.2, -0.15) is 10.2 Å². The summed E-state index contributed by atoms with van der Waals surface area (Å²) < 4.78 is 10.7. The summed E-state index contributed by atoms with van der Waals surface area (Å²) in [4.78, 5) is 29.5. The predicted molar refractivity (Wildman–Crippen MR) is 133 cm³/mol. The molecule has 0 radical (unpaired) electrons. The molecule has 1 atom stereocenters. The highest BCUT2D eigenvalue weighted by molar-refractivity contribution is 7.81. The van der Waals surface area contributed by atoms with E-state index >= 15 is 0 Å². The average Bonchev–Trinajstić information content (AvgIpc) is 2.85. The Kier molecular flexibility index (Phi) is 6.85. The molecule has 0 bridgehead atoms. The van der Waals surface area contributed by atoms with E-state index in [1.807, 2.05) is 0 Å². The molecule has 1 saturated heterocycles. The first-order valence-corrected chi connectivity index (χ1v) is 10.9. The van der Waals surface area contributed by atoms with Crippen LogP contribution in [-0.4, -0.2) is 37.2 Å². The number of halogens is 1. The minimum atomic E-state index is -1.52. The lowest BCUT2D eigenvalue weighted by Crippen LogP contribution is -2.62. The summed E-state index contributed by atoms with van der Waals surface area (Å²) in [6.07, 6.45) is 0. The van der Waals surface area contributed by atoms with Gasteiger partial charge >= 0.3 is 0 Å². The van der Waals surface area contributed by atoms with Gasteiger partial charge in [0.15, 0.2) is 5.11 Å². The number of rotatable bonds is 6. The van der Waals surface area contributed by atoms with E-state index in [2.05, 4.69) is 10.2 Å². The van der Waals surface area contributed by atoms with Crippen molar-refractivity contribution in [3.8, 4) is 11.5 Å². The number of benzene rings is 3. The normalized spacial score (nSPS) is 16.3. The highest BCUT2D eigenvalue weighted by atomic mass is 35.5. The van der Waals surface area contributed by atoms with Gasteiger partial charge < -0.3 is 9.47 Å². The third kappa shape index (κ3) is 4.23. The van der Waals surface area contributed by atoms with Gasteiger partial charge in [0.1, 0.15) is 17.2 Å². The number of carbonyl (C=O) groups excluding carboxylic acids is 2. The second-order valence-electron chi connectivity index (χ2n) is 7.04. The van der Waals surface area contributed by atoms with Gasteiger partial charge in [-0.05, 0) is 48.6 Å². The molecule has 0 saturated carbocycles. The van der Waals surface area contributed by atoms with Crippen molar-refractivity contribution in [1.82, 2.24) is 0 Å². The second kappa shape index (κ2) is 9.98. The molecule has 1 unspecified atom stereocenters.